The fourth-order valence-electron chi connectivity index (χ4n) is 1.88. The van der Waals surface area contributed by atoms with Crippen LogP contribution in [0.4, 0.5) is 5.69 Å². The molecule has 0 aliphatic carbocycles. The van der Waals surface area contributed by atoms with Crippen molar-refractivity contribution in [3.05, 3.63) is 34.7 Å². The highest BCUT2D eigenvalue weighted by molar-refractivity contribution is 7.99. The van der Waals surface area contributed by atoms with E-state index in [9.17, 15) is 4.79 Å². The predicted molar refractivity (Wildman–Crippen MR) is 98.5 cm³/mol. The third-order valence-electron chi connectivity index (χ3n) is 3.31. The van der Waals surface area contributed by atoms with Crippen LogP contribution >= 0.6 is 35.1 Å². The van der Waals surface area contributed by atoms with Crippen LogP contribution in [-0.2, 0) is 4.79 Å². The summed E-state index contributed by atoms with van der Waals surface area (Å²) in [4.78, 5) is 12.1. The van der Waals surface area contributed by atoms with E-state index in [1.165, 1.54) is 11.8 Å². The number of amides is 1. The van der Waals surface area contributed by atoms with E-state index in [-0.39, 0.29) is 17.7 Å². The van der Waals surface area contributed by atoms with E-state index in [0.29, 0.717) is 21.8 Å². The molecule has 0 spiro atoms. The van der Waals surface area contributed by atoms with Crippen LogP contribution in [0.1, 0.15) is 23.9 Å². The van der Waals surface area contributed by atoms with Crippen LogP contribution in [0.5, 0.6) is 0 Å². The number of aromatic nitrogens is 2. The van der Waals surface area contributed by atoms with Gasteiger partial charge in [-0.3, -0.25) is 4.79 Å². The predicted octanol–water partition coefficient (Wildman–Crippen LogP) is 2.80. The molecule has 4 N–H and O–H groups in total. The van der Waals surface area contributed by atoms with Gasteiger partial charge in [-0.25, -0.2) is 0 Å². The van der Waals surface area contributed by atoms with Gasteiger partial charge < -0.3 is 15.5 Å². The molecule has 9 heteroatoms. The van der Waals surface area contributed by atoms with Gasteiger partial charge in [0.1, 0.15) is 0 Å². The number of anilines is 1. The third kappa shape index (κ3) is 5.41. The van der Waals surface area contributed by atoms with Crippen molar-refractivity contribution in [2.45, 2.75) is 24.6 Å². The second-order valence-corrected chi connectivity index (χ2v) is 7.45. The van der Waals surface area contributed by atoms with Crippen LogP contribution in [0.25, 0.3) is 0 Å². The van der Waals surface area contributed by atoms with E-state index in [1.54, 1.807) is 23.9 Å². The summed E-state index contributed by atoms with van der Waals surface area (Å²) in [6, 6.07) is 5.37. The van der Waals surface area contributed by atoms with E-state index in [0.717, 1.165) is 17.7 Å². The molecule has 2 aromatic rings. The second-order valence-electron chi connectivity index (χ2n) is 5.13. The van der Waals surface area contributed by atoms with Gasteiger partial charge in [-0.2, -0.15) is 11.8 Å². The molecule has 0 radical (unpaired) electrons. The van der Waals surface area contributed by atoms with Crippen molar-refractivity contribution in [2.75, 3.05) is 23.1 Å². The van der Waals surface area contributed by atoms with Crippen molar-refractivity contribution >= 4 is 46.7 Å². The number of carbonyl (C=O) groups excluding carboxylic acids is 1. The lowest BCUT2D eigenvalue weighted by atomic mass is 10.2. The minimum absolute atomic E-state index is 0.0257. The molecule has 0 bridgehead atoms. The molecular weight excluding hydrogens is 368 g/mol. The summed E-state index contributed by atoms with van der Waals surface area (Å²) < 4.78 is 5.55. The highest BCUT2D eigenvalue weighted by atomic mass is 35.5. The Labute approximate surface area is 154 Å². The van der Waals surface area contributed by atoms with Crippen LogP contribution in [-0.4, -0.2) is 33.9 Å². The van der Waals surface area contributed by atoms with Crippen molar-refractivity contribution in [1.82, 2.24) is 10.2 Å². The van der Waals surface area contributed by atoms with Gasteiger partial charge in [-0.1, -0.05) is 29.4 Å². The smallest absolute Gasteiger partial charge is 0.277 e. The molecule has 2 rings (SSSR count). The zero-order chi connectivity index (χ0) is 17.5. The SMILES string of the molecule is CSCC[C@H]([NH3+])c1nnc(SCC(=O)Nc2cccc(Cl)c2C)o1. The van der Waals surface area contributed by atoms with Gasteiger partial charge in [0, 0.05) is 17.1 Å². The minimum atomic E-state index is -0.154. The summed E-state index contributed by atoms with van der Waals surface area (Å²) in [6.07, 6.45) is 2.92. The van der Waals surface area contributed by atoms with Gasteiger partial charge >= 0.3 is 0 Å². The van der Waals surface area contributed by atoms with Gasteiger partial charge in [0.15, 0.2) is 6.04 Å². The molecule has 6 nitrogen and oxygen atoms in total. The largest absolute Gasteiger partial charge is 0.410 e. The standard InChI is InChI=1S/C15H19ClN4O2S2/c1-9-10(16)4-3-5-12(9)18-13(21)8-24-15-20-19-14(22-15)11(17)6-7-23-2/h3-5,11H,6-8,17H2,1-2H3,(H,18,21)/p+1/t11-/m0/s1. The summed E-state index contributed by atoms with van der Waals surface area (Å²) in [5, 5.41) is 11.8. The van der Waals surface area contributed by atoms with Gasteiger partial charge in [-0.15, -0.1) is 10.2 Å². The second kappa shape index (κ2) is 9.31. The zero-order valence-electron chi connectivity index (χ0n) is 13.5. The van der Waals surface area contributed by atoms with Crippen molar-refractivity contribution < 1.29 is 14.9 Å². The van der Waals surface area contributed by atoms with Crippen molar-refractivity contribution in [1.29, 1.82) is 0 Å². The Kier molecular flexibility index (Phi) is 7.41. The fourth-order valence-corrected chi connectivity index (χ4v) is 3.15. The van der Waals surface area contributed by atoms with E-state index in [4.69, 9.17) is 16.0 Å². The first-order chi connectivity index (χ1) is 11.5. The molecule has 1 aromatic heterocycles. The minimum Gasteiger partial charge on any atom is -0.410 e. The maximum atomic E-state index is 12.1. The molecule has 130 valence electrons. The number of halogens is 1. The molecule has 0 aliphatic heterocycles. The number of benzene rings is 1. The first-order valence-electron chi connectivity index (χ1n) is 7.34. The molecule has 0 unspecified atom stereocenters. The Bertz CT molecular complexity index is 696. The first-order valence-corrected chi connectivity index (χ1v) is 10.1. The highest BCUT2D eigenvalue weighted by Crippen LogP contribution is 2.24. The quantitative estimate of drug-likeness (QED) is 0.676. The first kappa shape index (κ1) is 19.1. The molecule has 1 heterocycles. The van der Waals surface area contributed by atoms with Gasteiger partial charge in [-0.05, 0) is 36.6 Å². The normalized spacial score (nSPS) is 12.2. The summed E-state index contributed by atoms with van der Waals surface area (Å²) in [5.41, 5.74) is 5.56. The molecule has 0 aliphatic rings. The van der Waals surface area contributed by atoms with E-state index >= 15 is 0 Å². The molecule has 1 amide bonds. The topological polar surface area (TPSA) is 95.7 Å². The summed E-state index contributed by atoms with van der Waals surface area (Å²) in [6.45, 7) is 1.86. The van der Waals surface area contributed by atoms with Crippen LogP contribution in [0.15, 0.2) is 27.8 Å². The third-order valence-corrected chi connectivity index (χ3v) is 5.18. The average molecular weight is 388 g/mol. The van der Waals surface area contributed by atoms with Crippen LogP contribution in [0.2, 0.25) is 5.02 Å². The number of nitrogens with one attached hydrogen (secondary N) is 1. The molecule has 24 heavy (non-hydrogen) atoms. The van der Waals surface area contributed by atoms with E-state index in [1.807, 2.05) is 19.2 Å². The molecule has 1 aromatic carbocycles. The van der Waals surface area contributed by atoms with Crippen LogP contribution in [0, 0.1) is 6.92 Å². The number of nitrogens with zero attached hydrogens (tertiary/aromatic N) is 2. The number of rotatable bonds is 8. The summed E-state index contributed by atoms with van der Waals surface area (Å²) in [7, 11) is 0. The molecular formula is C15H20ClN4O2S2+. The fraction of sp³-hybridized carbons (Fsp3) is 0.400. The van der Waals surface area contributed by atoms with Crippen molar-refractivity contribution in [2.24, 2.45) is 0 Å². The average Bonchev–Trinajstić information content (AvgIpc) is 3.04. The van der Waals surface area contributed by atoms with Crippen LogP contribution in [0.3, 0.4) is 0 Å². The maximum Gasteiger partial charge on any atom is 0.277 e. The lowest BCUT2D eigenvalue weighted by molar-refractivity contribution is -0.432. The molecule has 0 saturated carbocycles. The highest BCUT2D eigenvalue weighted by Gasteiger charge is 2.18. The van der Waals surface area contributed by atoms with Crippen LogP contribution < -0.4 is 11.1 Å². The Morgan fingerprint density at radius 3 is 3.00 bits per heavy atom. The lowest BCUT2D eigenvalue weighted by Gasteiger charge is -2.08. The monoisotopic (exact) mass is 387 g/mol. The molecule has 0 fully saturated rings. The Morgan fingerprint density at radius 1 is 1.46 bits per heavy atom. The summed E-state index contributed by atoms with van der Waals surface area (Å²) >= 11 is 8.99. The van der Waals surface area contributed by atoms with E-state index in [2.05, 4.69) is 21.2 Å². The number of carbonyl (C=O) groups is 1. The van der Waals surface area contributed by atoms with Crippen molar-refractivity contribution in [3.63, 3.8) is 0 Å². The van der Waals surface area contributed by atoms with Gasteiger partial charge in [0.25, 0.3) is 11.1 Å². The number of hydrogen-bond acceptors (Lipinski definition) is 6. The summed E-state index contributed by atoms with van der Waals surface area (Å²) in [5.74, 6) is 1.52. The van der Waals surface area contributed by atoms with Gasteiger partial charge in [0.05, 0.1) is 5.75 Å². The molecule has 1 atom stereocenters. The Balaban J connectivity index is 1.86. The lowest BCUT2D eigenvalue weighted by Crippen LogP contribution is -2.53. The number of quaternary nitrogens is 1. The number of hydrogen-bond donors (Lipinski definition) is 2. The Hall–Kier alpha value is -1.22. The number of thioether (sulfide) groups is 2. The van der Waals surface area contributed by atoms with E-state index < -0.39 is 0 Å². The Morgan fingerprint density at radius 2 is 2.25 bits per heavy atom. The van der Waals surface area contributed by atoms with Crippen molar-refractivity contribution in [3.8, 4) is 0 Å². The maximum absolute atomic E-state index is 12.1. The molecule has 0 saturated heterocycles. The van der Waals surface area contributed by atoms with Gasteiger partial charge in [0.2, 0.25) is 5.91 Å². The zero-order valence-corrected chi connectivity index (χ0v) is 15.9.